The third kappa shape index (κ3) is 2.42. The lowest BCUT2D eigenvalue weighted by molar-refractivity contribution is 0.145. The van der Waals surface area contributed by atoms with Gasteiger partial charge in [-0.1, -0.05) is 0 Å². The van der Waals surface area contributed by atoms with Gasteiger partial charge in [0, 0.05) is 0 Å². The predicted molar refractivity (Wildman–Crippen MR) is 47.1 cm³/mol. The molecular weight excluding hydrogens is 249 g/mol. The van der Waals surface area contributed by atoms with Crippen LogP contribution in [0.1, 0.15) is 12.0 Å². The van der Waals surface area contributed by atoms with Crippen molar-refractivity contribution in [2.75, 3.05) is 7.11 Å². The third-order valence-corrected chi connectivity index (χ3v) is 2.57. The van der Waals surface area contributed by atoms with Crippen LogP contribution in [0.2, 0.25) is 0 Å². The second-order valence-corrected chi connectivity index (χ2v) is 4.25. The molecule has 2 N–H and O–H groups in total. The summed E-state index contributed by atoms with van der Waals surface area (Å²) in [4.78, 5) is 1.86. The van der Waals surface area contributed by atoms with Gasteiger partial charge in [-0.05, 0) is 6.07 Å². The molecule has 0 aliphatic rings. The van der Waals surface area contributed by atoms with Gasteiger partial charge in [0.05, 0.1) is 12.7 Å². The van der Waals surface area contributed by atoms with Crippen LogP contribution in [-0.2, 0) is 10.0 Å². The Bertz CT molecular complexity index is 504. The normalized spacial score (nSPS) is 11.9. The highest BCUT2D eigenvalue weighted by atomic mass is 32.2. The Hall–Kier alpha value is -1.35. The van der Waals surface area contributed by atoms with Crippen LogP contribution in [0.3, 0.4) is 0 Å². The van der Waals surface area contributed by atoms with Crippen molar-refractivity contribution in [3.05, 3.63) is 17.6 Å². The number of halogens is 3. The van der Waals surface area contributed by atoms with Crippen LogP contribution in [-0.4, -0.2) is 20.5 Å². The van der Waals surface area contributed by atoms with E-state index in [9.17, 15) is 21.6 Å². The SMILES string of the molecule is COc1nc(F)c(S(N)(=O)=O)cc1C(F)F. The van der Waals surface area contributed by atoms with E-state index >= 15 is 0 Å². The van der Waals surface area contributed by atoms with E-state index in [0.29, 0.717) is 6.07 Å². The summed E-state index contributed by atoms with van der Waals surface area (Å²) in [7, 11) is -3.44. The van der Waals surface area contributed by atoms with Crippen molar-refractivity contribution < 1.29 is 26.3 Å². The Kier molecular flexibility index (Phi) is 3.38. The van der Waals surface area contributed by atoms with Crippen LogP contribution >= 0.6 is 0 Å². The molecule has 1 aromatic rings. The number of primary sulfonamides is 1. The molecule has 0 atom stereocenters. The summed E-state index contributed by atoms with van der Waals surface area (Å²) in [5, 5.41) is 4.62. The number of nitrogens with zero attached hydrogens (tertiary/aromatic N) is 1. The smallest absolute Gasteiger partial charge is 0.269 e. The Morgan fingerprint density at radius 3 is 2.44 bits per heavy atom. The maximum Gasteiger partial charge on any atom is 0.269 e. The van der Waals surface area contributed by atoms with E-state index in [1.807, 2.05) is 0 Å². The highest BCUT2D eigenvalue weighted by Crippen LogP contribution is 2.29. The fourth-order valence-corrected chi connectivity index (χ4v) is 1.56. The number of nitrogens with two attached hydrogens (primary N) is 1. The van der Waals surface area contributed by atoms with Gasteiger partial charge in [-0.3, -0.25) is 0 Å². The van der Waals surface area contributed by atoms with E-state index in [0.717, 1.165) is 7.11 Å². The quantitative estimate of drug-likeness (QED) is 0.811. The molecule has 0 aliphatic carbocycles. The zero-order valence-electron chi connectivity index (χ0n) is 7.95. The summed E-state index contributed by atoms with van der Waals surface area (Å²) in [5.74, 6) is -2.16. The number of hydrogen-bond donors (Lipinski definition) is 1. The predicted octanol–water partition coefficient (Wildman–Crippen LogP) is 0.814. The minimum atomic E-state index is -4.44. The van der Waals surface area contributed by atoms with Gasteiger partial charge < -0.3 is 4.74 Å². The fourth-order valence-electron chi connectivity index (χ4n) is 0.991. The van der Waals surface area contributed by atoms with Gasteiger partial charge in [0.2, 0.25) is 21.9 Å². The van der Waals surface area contributed by atoms with Crippen molar-refractivity contribution in [3.63, 3.8) is 0 Å². The zero-order valence-corrected chi connectivity index (χ0v) is 8.76. The molecule has 0 saturated heterocycles. The maximum atomic E-state index is 13.1. The molecule has 0 radical (unpaired) electrons. The summed E-state index contributed by atoms with van der Waals surface area (Å²) < 4.78 is 64.0. The van der Waals surface area contributed by atoms with Crippen molar-refractivity contribution in [1.29, 1.82) is 0 Å². The lowest BCUT2D eigenvalue weighted by Crippen LogP contribution is -2.16. The monoisotopic (exact) mass is 256 g/mol. The molecule has 0 spiro atoms. The summed E-state index contributed by atoms with van der Waals surface area (Å²) in [6.07, 6.45) is -3.05. The van der Waals surface area contributed by atoms with Crippen LogP contribution in [0.5, 0.6) is 5.88 Å². The van der Waals surface area contributed by atoms with Crippen molar-refractivity contribution in [2.24, 2.45) is 5.14 Å². The van der Waals surface area contributed by atoms with Gasteiger partial charge in [0.1, 0.15) is 4.90 Å². The first-order chi connectivity index (χ1) is 7.27. The van der Waals surface area contributed by atoms with Crippen molar-refractivity contribution in [1.82, 2.24) is 4.98 Å². The number of sulfonamides is 1. The number of aromatic nitrogens is 1. The Morgan fingerprint density at radius 2 is 2.06 bits per heavy atom. The first kappa shape index (κ1) is 12.7. The topological polar surface area (TPSA) is 82.3 Å². The molecule has 90 valence electrons. The first-order valence-electron chi connectivity index (χ1n) is 3.82. The van der Waals surface area contributed by atoms with Gasteiger partial charge in [0.25, 0.3) is 6.43 Å². The number of ether oxygens (including phenoxy) is 1. The molecule has 9 heteroatoms. The lowest BCUT2D eigenvalue weighted by Gasteiger charge is -2.08. The van der Waals surface area contributed by atoms with Gasteiger partial charge in [-0.25, -0.2) is 22.3 Å². The largest absolute Gasteiger partial charge is 0.481 e. The summed E-state index contributed by atoms with van der Waals surface area (Å²) >= 11 is 0. The number of alkyl halides is 2. The molecule has 0 amide bonds. The van der Waals surface area contributed by atoms with Crippen LogP contribution in [0.15, 0.2) is 11.0 Å². The second kappa shape index (κ2) is 4.26. The van der Waals surface area contributed by atoms with E-state index in [-0.39, 0.29) is 0 Å². The van der Waals surface area contributed by atoms with E-state index < -0.39 is 38.7 Å². The average molecular weight is 256 g/mol. The molecule has 0 unspecified atom stereocenters. The molecule has 0 aromatic carbocycles. The Balaban J connectivity index is 3.52. The molecule has 0 bridgehead atoms. The van der Waals surface area contributed by atoms with Crippen LogP contribution < -0.4 is 9.88 Å². The van der Waals surface area contributed by atoms with Gasteiger partial charge in [-0.2, -0.15) is 9.37 Å². The number of hydrogen-bond acceptors (Lipinski definition) is 4. The van der Waals surface area contributed by atoms with Crippen molar-refractivity contribution in [2.45, 2.75) is 11.3 Å². The molecule has 0 fully saturated rings. The standard InChI is InChI=1S/C7H7F3N2O3S/c1-15-7-3(5(8)9)2-4(6(10)12-7)16(11,13)14/h2,5H,1H3,(H2,11,13,14). The molecule has 5 nitrogen and oxygen atoms in total. The molecule has 1 heterocycles. The third-order valence-electron chi connectivity index (χ3n) is 1.67. The minimum Gasteiger partial charge on any atom is -0.481 e. The lowest BCUT2D eigenvalue weighted by atomic mass is 10.3. The molecule has 0 aliphatic heterocycles. The van der Waals surface area contributed by atoms with E-state index in [1.165, 1.54) is 0 Å². The molecule has 1 aromatic heterocycles. The number of rotatable bonds is 3. The van der Waals surface area contributed by atoms with Crippen molar-refractivity contribution in [3.8, 4) is 5.88 Å². The zero-order chi connectivity index (χ0) is 12.5. The summed E-state index contributed by atoms with van der Waals surface area (Å²) in [6.45, 7) is 0. The highest BCUT2D eigenvalue weighted by Gasteiger charge is 2.24. The van der Waals surface area contributed by atoms with Gasteiger partial charge in [0.15, 0.2) is 0 Å². The van der Waals surface area contributed by atoms with E-state index in [4.69, 9.17) is 0 Å². The number of methoxy groups -OCH3 is 1. The molecule has 1 rings (SSSR count). The maximum absolute atomic E-state index is 13.1. The molecule has 0 saturated carbocycles. The summed E-state index contributed by atoms with van der Waals surface area (Å²) in [5.41, 5.74) is -0.840. The summed E-state index contributed by atoms with van der Waals surface area (Å²) in [6, 6.07) is 0.404. The van der Waals surface area contributed by atoms with E-state index in [2.05, 4.69) is 14.9 Å². The van der Waals surface area contributed by atoms with Gasteiger partial charge in [-0.15, -0.1) is 0 Å². The number of pyridine rings is 1. The second-order valence-electron chi connectivity index (χ2n) is 2.72. The minimum absolute atomic E-state index is 0.404. The first-order valence-corrected chi connectivity index (χ1v) is 5.37. The van der Waals surface area contributed by atoms with Crippen LogP contribution in [0.25, 0.3) is 0 Å². The van der Waals surface area contributed by atoms with E-state index in [1.54, 1.807) is 0 Å². The fraction of sp³-hybridized carbons (Fsp3) is 0.286. The van der Waals surface area contributed by atoms with Crippen molar-refractivity contribution >= 4 is 10.0 Å². The average Bonchev–Trinajstić information content (AvgIpc) is 2.14. The Morgan fingerprint density at radius 1 is 1.50 bits per heavy atom. The van der Waals surface area contributed by atoms with Crippen LogP contribution in [0.4, 0.5) is 13.2 Å². The molecular formula is C7H7F3N2O3S. The van der Waals surface area contributed by atoms with Crippen LogP contribution in [0, 0.1) is 5.95 Å². The highest BCUT2D eigenvalue weighted by molar-refractivity contribution is 7.89. The molecule has 16 heavy (non-hydrogen) atoms. The van der Waals surface area contributed by atoms with Gasteiger partial charge >= 0.3 is 0 Å². The Labute approximate surface area is 89.1 Å².